The van der Waals surface area contributed by atoms with Gasteiger partial charge in [-0.2, -0.15) is 0 Å². The molecular weight excluding hydrogens is 206 g/mol. The first kappa shape index (κ1) is 12.6. The van der Waals surface area contributed by atoms with Crippen molar-refractivity contribution in [3.05, 3.63) is 10.0 Å². The molecule has 0 unspecified atom stereocenters. The van der Waals surface area contributed by atoms with Crippen LogP contribution in [0.5, 0.6) is 0 Å². The van der Waals surface area contributed by atoms with Crippen LogP contribution in [0.4, 0.5) is 0 Å². The minimum absolute atomic E-state index is 0.549. The molecule has 0 saturated heterocycles. The molecule has 0 saturated carbocycles. The van der Waals surface area contributed by atoms with Crippen molar-refractivity contribution in [2.24, 2.45) is 5.92 Å². The van der Waals surface area contributed by atoms with Crippen LogP contribution in [0.15, 0.2) is 0 Å². The number of hydrogen-bond donors (Lipinski definition) is 1. The quantitative estimate of drug-likeness (QED) is 0.810. The molecule has 1 aromatic heterocycles. The highest BCUT2D eigenvalue weighted by molar-refractivity contribution is 7.11. The molecule has 1 rings (SSSR count). The van der Waals surface area contributed by atoms with Gasteiger partial charge in [0.2, 0.25) is 0 Å². The summed E-state index contributed by atoms with van der Waals surface area (Å²) in [6, 6.07) is 0.549. The van der Waals surface area contributed by atoms with Crippen LogP contribution < -0.4 is 5.32 Å². The zero-order valence-electron chi connectivity index (χ0n) is 10.1. The average molecular weight is 227 g/mol. The number of hydrogen-bond acceptors (Lipinski definition) is 4. The van der Waals surface area contributed by atoms with Gasteiger partial charge in [-0.1, -0.05) is 27.7 Å². The Morgan fingerprint density at radius 1 is 1.13 bits per heavy atom. The van der Waals surface area contributed by atoms with Crippen molar-refractivity contribution in [3.63, 3.8) is 0 Å². The molecule has 4 heteroatoms. The zero-order chi connectivity index (χ0) is 11.3. The van der Waals surface area contributed by atoms with Crippen LogP contribution in [-0.2, 0) is 12.8 Å². The van der Waals surface area contributed by atoms with E-state index in [0.717, 1.165) is 24.4 Å². The third-order valence-corrected chi connectivity index (χ3v) is 2.99. The Balaban J connectivity index is 2.33. The molecule has 1 aromatic rings. The minimum Gasteiger partial charge on any atom is -0.314 e. The maximum atomic E-state index is 4.19. The van der Waals surface area contributed by atoms with E-state index in [1.807, 2.05) is 0 Å². The van der Waals surface area contributed by atoms with Crippen molar-refractivity contribution in [1.29, 1.82) is 0 Å². The van der Waals surface area contributed by atoms with Crippen LogP contribution in [-0.4, -0.2) is 22.8 Å². The average Bonchev–Trinajstić information content (AvgIpc) is 2.50. The van der Waals surface area contributed by atoms with Gasteiger partial charge in [0.25, 0.3) is 0 Å². The summed E-state index contributed by atoms with van der Waals surface area (Å²) in [4.78, 5) is 0. The van der Waals surface area contributed by atoms with E-state index in [2.05, 4.69) is 43.2 Å². The summed E-state index contributed by atoms with van der Waals surface area (Å²) in [5.74, 6) is 0.666. The van der Waals surface area contributed by atoms with Crippen molar-refractivity contribution < 1.29 is 0 Å². The normalized spacial score (nSPS) is 11.6. The molecule has 0 aliphatic heterocycles. The van der Waals surface area contributed by atoms with Gasteiger partial charge in [-0.3, -0.25) is 0 Å². The summed E-state index contributed by atoms with van der Waals surface area (Å²) < 4.78 is 0. The van der Waals surface area contributed by atoms with E-state index in [1.54, 1.807) is 11.3 Å². The lowest BCUT2D eigenvalue weighted by molar-refractivity contribution is 0.588. The molecule has 0 aliphatic rings. The number of rotatable bonds is 6. The molecule has 0 aliphatic carbocycles. The van der Waals surface area contributed by atoms with Crippen molar-refractivity contribution in [2.45, 2.75) is 46.6 Å². The molecule has 0 atom stereocenters. The van der Waals surface area contributed by atoms with Gasteiger partial charge in [0.1, 0.15) is 10.0 Å². The van der Waals surface area contributed by atoms with Crippen LogP contribution in [0, 0.1) is 5.92 Å². The molecule has 0 radical (unpaired) electrons. The third kappa shape index (κ3) is 5.23. The van der Waals surface area contributed by atoms with E-state index in [1.165, 1.54) is 5.01 Å². The van der Waals surface area contributed by atoms with Crippen molar-refractivity contribution in [3.8, 4) is 0 Å². The van der Waals surface area contributed by atoms with Gasteiger partial charge in [0, 0.05) is 25.4 Å². The summed E-state index contributed by atoms with van der Waals surface area (Å²) in [6.45, 7) is 9.73. The third-order valence-electron chi connectivity index (χ3n) is 1.98. The summed E-state index contributed by atoms with van der Waals surface area (Å²) in [7, 11) is 0. The van der Waals surface area contributed by atoms with Gasteiger partial charge >= 0.3 is 0 Å². The predicted molar refractivity (Wildman–Crippen MR) is 65.3 cm³/mol. The van der Waals surface area contributed by atoms with Gasteiger partial charge in [0.15, 0.2) is 0 Å². The standard InChI is InChI=1S/C11H21N3S/c1-8(2)7-11-14-13-10(15-11)5-6-12-9(3)4/h8-9,12H,5-7H2,1-4H3. The SMILES string of the molecule is CC(C)Cc1nnc(CCNC(C)C)s1. The topological polar surface area (TPSA) is 37.8 Å². The van der Waals surface area contributed by atoms with Gasteiger partial charge < -0.3 is 5.32 Å². The fourth-order valence-corrected chi connectivity index (χ4v) is 2.34. The lowest BCUT2D eigenvalue weighted by Crippen LogP contribution is -2.24. The van der Waals surface area contributed by atoms with Crippen LogP contribution >= 0.6 is 11.3 Å². The lowest BCUT2D eigenvalue weighted by Gasteiger charge is -2.05. The Morgan fingerprint density at radius 2 is 1.80 bits per heavy atom. The first-order valence-electron chi connectivity index (χ1n) is 5.62. The smallest absolute Gasteiger partial charge is 0.118 e. The minimum atomic E-state index is 0.549. The predicted octanol–water partition coefficient (Wildman–Crippen LogP) is 2.28. The van der Waals surface area contributed by atoms with Crippen LogP contribution in [0.25, 0.3) is 0 Å². The van der Waals surface area contributed by atoms with Gasteiger partial charge in [-0.05, 0) is 5.92 Å². The molecule has 1 heterocycles. The largest absolute Gasteiger partial charge is 0.314 e. The summed E-state index contributed by atoms with van der Waals surface area (Å²) in [5, 5.41) is 14.1. The number of nitrogens with zero attached hydrogens (tertiary/aromatic N) is 2. The molecule has 86 valence electrons. The second kappa shape index (κ2) is 6.18. The monoisotopic (exact) mass is 227 g/mol. The van der Waals surface area contributed by atoms with Gasteiger partial charge in [0.05, 0.1) is 0 Å². The Bertz CT molecular complexity index is 281. The molecule has 15 heavy (non-hydrogen) atoms. The van der Waals surface area contributed by atoms with Crippen LogP contribution in [0.2, 0.25) is 0 Å². The highest BCUT2D eigenvalue weighted by atomic mass is 32.1. The molecule has 0 aromatic carbocycles. The van der Waals surface area contributed by atoms with Crippen molar-refractivity contribution in [2.75, 3.05) is 6.54 Å². The first-order valence-corrected chi connectivity index (χ1v) is 6.44. The molecule has 0 fully saturated rings. The lowest BCUT2D eigenvalue weighted by atomic mass is 10.1. The van der Waals surface area contributed by atoms with E-state index in [0.29, 0.717) is 12.0 Å². The molecule has 0 spiro atoms. The summed E-state index contributed by atoms with van der Waals surface area (Å²) >= 11 is 1.75. The Labute approximate surface area is 96.3 Å². The molecule has 1 N–H and O–H groups in total. The van der Waals surface area contributed by atoms with Crippen molar-refractivity contribution >= 4 is 11.3 Å². The maximum absolute atomic E-state index is 4.19. The fourth-order valence-electron chi connectivity index (χ4n) is 1.29. The number of aromatic nitrogens is 2. The fraction of sp³-hybridized carbons (Fsp3) is 0.818. The van der Waals surface area contributed by atoms with Crippen molar-refractivity contribution in [1.82, 2.24) is 15.5 Å². The van der Waals surface area contributed by atoms with Gasteiger partial charge in [-0.15, -0.1) is 21.5 Å². The number of nitrogens with one attached hydrogen (secondary N) is 1. The zero-order valence-corrected chi connectivity index (χ0v) is 10.9. The van der Waals surface area contributed by atoms with E-state index in [9.17, 15) is 0 Å². The molecular formula is C11H21N3S. The highest BCUT2D eigenvalue weighted by Gasteiger charge is 2.05. The Morgan fingerprint density at radius 3 is 2.40 bits per heavy atom. The van der Waals surface area contributed by atoms with Crippen LogP contribution in [0.1, 0.15) is 37.7 Å². The van der Waals surface area contributed by atoms with E-state index < -0.39 is 0 Å². The van der Waals surface area contributed by atoms with E-state index in [4.69, 9.17) is 0 Å². The molecule has 3 nitrogen and oxygen atoms in total. The second-order valence-corrected chi connectivity index (χ2v) is 5.69. The van der Waals surface area contributed by atoms with E-state index in [-0.39, 0.29) is 0 Å². The van der Waals surface area contributed by atoms with Gasteiger partial charge in [-0.25, -0.2) is 0 Å². The summed E-state index contributed by atoms with van der Waals surface area (Å²) in [5.41, 5.74) is 0. The second-order valence-electron chi connectivity index (χ2n) is 4.55. The highest BCUT2D eigenvalue weighted by Crippen LogP contribution is 2.14. The van der Waals surface area contributed by atoms with Crippen LogP contribution in [0.3, 0.4) is 0 Å². The first-order chi connectivity index (χ1) is 7.08. The maximum Gasteiger partial charge on any atom is 0.118 e. The molecule has 0 bridgehead atoms. The Hall–Kier alpha value is -0.480. The molecule has 0 amide bonds. The Kier molecular flexibility index (Phi) is 5.19. The summed E-state index contributed by atoms with van der Waals surface area (Å²) in [6.07, 6.45) is 2.04. The van der Waals surface area contributed by atoms with E-state index >= 15 is 0 Å².